The number of rotatable bonds is 14. The van der Waals surface area contributed by atoms with E-state index in [1.54, 1.807) is 0 Å². The van der Waals surface area contributed by atoms with Crippen molar-refractivity contribution in [3.8, 4) is 0 Å². The molecule has 144 valence electrons. The highest BCUT2D eigenvalue weighted by Gasteiger charge is 2.17. The second kappa shape index (κ2) is 12.5. The van der Waals surface area contributed by atoms with Crippen molar-refractivity contribution < 1.29 is 8.42 Å². The number of hydrogen-bond donors (Lipinski definition) is 0. The quantitative estimate of drug-likeness (QED) is 0.371. The van der Waals surface area contributed by atoms with Gasteiger partial charge in [0.2, 0.25) is 0 Å². The van der Waals surface area contributed by atoms with Crippen LogP contribution in [0.1, 0.15) is 89.7 Å². The van der Waals surface area contributed by atoms with Gasteiger partial charge in [0, 0.05) is 0 Å². The summed E-state index contributed by atoms with van der Waals surface area (Å²) >= 11 is 0. The molecule has 0 spiro atoms. The maximum absolute atomic E-state index is 11.9. The SMILES string of the molecule is CCCCc1ccc(CCCCCCCCS(=O)(=O)C(C)CC)cc1. The van der Waals surface area contributed by atoms with Crippen LogP contribution in [0, 0.1) is 0 Å². The maximum Gasteiger partial charge on any atom is 0.152 e. The maximum atomic E-state index is 11.9. The monoisotopic (exact) mass is 366 g/mol. The first-order valence-electron chi connectivity index (χ1n) is 10.3. The average molecular weight is 367 g/mol. The van der Waals surface area contributed by atoms with E-state index in [0.29, 0.717) is 5.75 Å². The predicted molar refractivity (Wildman–Crippen MR) is 110 cm³/mol. The van der Waals surface area contributed by atoms with E-state index in [4.69, 9.17) is 0 Å². The first-order valence-corrected chi connectivity index (χ1v) is 12.0. The standard InChI is InChI=1S/C22H38O2S/c1-4-6-13-21-15-17-22(18-16-21)14-11-9-7-8-10-12-19-25(23,24)20(3)5-2/h15-18,20H,4-14,19H2,1-3H3. The lowest BCUT2D eigenvalue weighted by Gasteiger charge is -2.10. The molecule has 0 bridgehead atoms. The van der Waals surface area contributed by atoms with Crippen LogP contribution in [0.5, 0.6) is 0 Å². The molecule has 0 N–H and O–H groups in total. The van der Waals surface area contributed by atoms with E-state index in [-0.39, 0.29) is 5.25 Å². The van der Waals surface area contributed by atoms with Gasteiger partial charge in [-0.2, -0.15) is 0 Å². The molecule has 2 nitrogen and oxygen atoms in total. The summed E-state index contributed by atoms with van der Waals surface area (Å²) in [5.41, 5.74) is 2.90. The Morgan fingerprint density at radius 3 is 1.76 bits per heavy atom. The van der Waals surface area contributed by atoms with Crippen LogP contribution in [-0.2, 0) is 22.7 Å². The minimum Gasteiger partial charge on any atom is -0.229 e. The van der Waals surface area contributed by atoms with Crippen molar-refractivity contribution in [1.29, 1.82) is 0 Å². The van der Waals surface area contributed by atoms with E-state index in [9.17, 15) is 8.42 Å². The normalized spacial score (nSPS) is 13.1. The Labute approximate surface area is 156 Å². The van der Waals surface area contributed by atoms with E-state index in [1.165, 1.54) is 49.7 Å². The Hall–Kier alpha value is -0.830. The summed E-state index contributed by atoms with van der Waals surface area (Å²) < 4.78 is 23.9. The van der Waals surface area contributed by atoms with Crippen molar-refractivity contribution in [3.05, 3.63) is 35.4 Å². The molecule has 1 aromatic rings. The van der Waals surface area contributed by atoms with Crippen molar-refractivity contribution >= 4 is 9.84 Å². The van der Waals surface area contributed by atoms with Gasteiger partial charge < -0.3 is 0 Å². The van der Waals surface area contributed by atoms with E-state index in [0.717, 1.165) is 32.1 Å². The molecular formula is C22H38O2S. The lowest BCUT2D eigenvalue weighted by atomic mass is 10.0. The van der Waals surface area contributed by atoms with Crippen LogP contribution in [0.3, 0.4) is 0 Å². The minimum absolute atomic E-state index is 0.180. The highest BCUT2D eigenvalue weighted by molar-refractivity contribution is 7.91. The third kappa shape index (κ3) is 9.44. The summed E-state index contributed by atoms with van der Waals surface area (Å²) in [5.74, 6) is 0.367. The second-order valence-corrected chi connectivity index (χ2v) is 9.92. The van der Waals surface area contributed by atoms with Crippen molar-refractivity contribution in [2.45, 2.75) is 96.7 Å². The Bertz CT molecular complexity index is 546. The van der Waals surface area contributed by atoms with Crippen LogP contribution in [0.2, 0.25) is 0 Å². The average Bonchev–Trinajstić information content (AvgIpc) is 2.62. The van der Waals surface area contributed by atoms with Gasteiger partial charge in [-0.25, -0.2) is 8.42 Å². The molecule has 0 aliphatic carbocycles. The molecule has 3 heteroatoms. The van der Waals surface area contributed by atoms with Crippen molar-refractivity contribution in [3.63, 3.8) is 0 Å². The summed E-state index contributed by atoms with van der Waals surface area (Å²) in [6, 6.07) is 9.13. The van der Waals surface area contributed by atoms with Gasteiger partial charge in [-0.05, 0) is 56.6 Å². The van der Waals surface area contributed by atoms with Gasteiger partial charge in [-0.1, -0.05) is 70.2 Å². The van der Waals surface area contributed by atoms with Crippen LogP contribution >= 0.6 is 0 Å². The van der Waals surface area contributed by atoms with Crippen LogP contribution in [-0.4, -0.2) is 19.4 Å². The van der Waals surface area contributed by atoms with Gasteiger partial charge in [-0.15, -0.1) is 0 Å². The summed E-state index contributed by atoms with van der Waals surface area (Å²) in [4.78, 5) is 0. The van der Waals surface area contributed by atoms with Gasteiger partial charge >= 0.3 is 0 Å². The number of sulfone groups is 1. The minimum atomic E-state index is -2.85. The third-order valence-corrected chi connectivity index (χ3v) is 7.59. The molecule has 0 aliphatic heterocycles. The lowest BCUT2D eigenvalue weighted by molar-refractivity contribution is 0.569. The first kappa shape index (κ1) is 22.2. The third-order valence-electron chi connectivity index (χ3n) is 5.17. The van der Waals surface area contributed by atoms with Gasteiger partial charge in [0.1, 0.15) is 0 Å². The summed E-state index contributed by atoms with van der Waals surface area (Å²) in [6.07, 6.45) is 12.3. The molecule has 1 rings (SSSR count). The van der Waals surface area contributed by atoms with E-state index < -0.39 is 9.84 Å². The van der Waals surface area contributed by atoms with Crippen molar-refractivity contribution in [1.82, 2.24) is 0 Å². The lowest BCUT2D eigenvalue weighted by Crippen LogP contribution is -2.20. The molecule has 0 saturated carbocycles. The van der Waals surface area contributed by atoms with Crippen LogP contribution < -0.4 is 0 Å². The molecule has 1 atom stereocenters. The van der Waals surface area contributed by atoms with Gasteiger partial charge in [0.25, 0.3) is 0 Å². The summed E-state index contributed by atoms with van der Waals surface area (Å²) in [6.45, 7) is 6.01. The zero-order valence-electron chi connectivity index (χ0n) is 16.6. The molecule has 0 aromatic heterocycles. The topological polar surface area (TPSA) is 34.1 Å². The first-order chi connectivity index (χ1) is 12.0. The van der Waals surface area contributed by atoms with Crippen molar-refractivity contribution in [2.24, 2.45) is 0 Å². The van der Waals surface area contributed by atoms with Crippen LogP contribution in [0.25, 0.3) is 0 Å². The summed E-state index contributed by atoms with van der Waals surface area (Å²) in [7, 11) is -2.85. The smallest absolute Gasteiger partial charge is 0.152 e. The van der Waals surface area contributed by atoms with E-state index >= 15 is 0 Å². The molecule has 1 aromatic carbocycles. The number of aryl methyl sites for hydroxylation is 2. The molecule has 1 unspecified atom stereocenters. The molecular weight excluding hydrogens is 328 g/mol. The highest BCUT2D eigenvalue weighted by Crippen LogP contribution is 2.14. The Morgan fingerprint density at radius 2 is 1.24 bits per heavy atom. The molecule has 0 saturated heterocycles. The van der Waals surface area contributed by atoms with Crippen molar-refractivity contribution in [2.75, 3.05) is 5.75 Å². The van der Waals surface area contributed by atoms with Gasteiger partial charge in [0.15, 0.2) is 9.84 Å². The Kier molecular flexibility index (Phi) is 11.1. The zero-order chi connectivity index (χ0) is 18.5. The van der Waals surface area contributed by atoms with E-state index in [2.05, 4.69) is 31.2 Å². The Morgan fingerprint density at radius 1 is 0.760 bits per heavy atom. The molecule has 0 amide bonds. The molecule has 0 radical (unpaired) electrons. The van der Waals surface area contributed by atoms with Crippen LogP contribution in [0.4, 0.5) is 0 Å². The zero-order valence-corrected chi connectivity index (χ0v) is 17.4. The van der Waals surface area contributed by atoms with Gasteiger partial charge in [-0.3, -0.25) is 0 Å². The molecule has 0 aliphatic rings. The summed E-state index contributed by atoms with van der Waals surface area (Å²) in [5, 5.41) is -0.180. The fourth-order valence-corrected chi connectivity index (χ4v) is 4.56. The Balaban J connectivity index is 2.07. The van der Waals surface area contributed by atoms with Crippen LogP contribution in [0.15, 0.2) is 24.3 Å². The number of hydrogen-bond acceptors (Lipinski definition) is 2. The largest absolute Gasteiger partial charge is 0.229 e. The predicted octanol–water partition coefficient (Wildman–Crippen LogP) is 6.13. The fraction of sp³-hybridized carbons (Fsp3) is 0.727. The highest BCUT2D eigenvalue weighted by atomic mass is 32.2. The molecule has 0 heterocycles. The molecule has 25 heavy (non-hydrogen) atoms. The number of unbranched alkanes of at least 4 members (excludes halogenated alkanes) is 6. The van der Waals surface area contributed by atoms with E-state index in [1.807, 2.05) is 13.8 Å². The molecule has 0 fully saturated rings. The number of benzene rings is 1. The fourth-order valence-electron chi connectivity index (χ4n) is 3.05. The van der Waals surface area contributed by atoms with Gasteiger partial charge in [0.05, 0.1) is 11.0 Å². The second-order valence-electron chi connectivity index (χ2n) is 7.38.